The number of aryl methyl sites for hydroxylation is 1. The minimum Gasteiger partial charge on any atom is -0.494 e. The van der Waals surface area contributed by atoms with E-state index in [9.17, 15) is 13.2 Å². The Morgan fingerprint density at radius 3 is 2.48 bits per heavy atom. The molecule has 7 nitrogen and oxygen atoms in total. The first kappa shape index (κ1) is 19.4. The SMILES string of the molecule is CCOc1ccc(S(=O)(=O)N2CCC(Oc3cc(C)n(C)c(=O)c3)C2)cc1. The second-order valence-electron chi connectivity index (χ2n) is 6.53. The molecule has 0 amide bonds. The average molecular weight is 392 g/mol. The molecule has 146 valence electrons. The highest BCUT2D eigenvalue weighted by atomic mass is 32.2. The fraction of sp³-hybridized carbons (Fsp3) is 0.421. The number of hydrogen-bond donors (Lipinski definition) is 0. The van der Waals surface area contributed by atoms with Crippen LogP contribution in [0.15, 0.2) is 46.1 Å². The molecule has 27 heavy (non-hydrogen) atoms. The van der Waals surface area contributed by atoms with Gasteiger partial charge in [-0.05, 0) is 50.6 Å². The third-order valence-electron chi connectivity index (χ3n) is 4.66. The van der Waals surface area contributed by atoms with Gasteiger partial charge in [0.15, 0.2) is 0 Å². The molecule has 8 heteroatoms. The van der Waals surface area contributed by atoms with E-state index in [0.29, 0.717) is 31.1 Å². The molecular weight excluding hydrogens is 368 g/mol. The quantitative estimate of drug-likeness (QED) is 0.751. The van der Waals surface area contributed by atoms with Crippen LogP contribution >= 0.6 is 0 Å². The van der Waals surface area contributed by atoms with Gasteiger partial charge < -0.3 is 14.0 Å². The van der Waals surface area contributed by atoms with Crippen LogP contribution in [0, 0.1) is 6.92 Å². The van der Waals surface area contributed by atoms with E-state index in [0.717, 1.165) is 5.69 Å². The Hall–Kier alpha value is -2.32. The number of benzene rings is 1. The van der Waals surface area contributed by atoms with Gasteiger partial charge in [0.05, 0.1) is 18.0 Å². The van der Waals surface area contributed by atoms with Crippen molar-refractivity contribution in [3.63, 3.8) is 0 Å². The predicted octanol–water partition coefficient (Wildman–Crippen LogP) is 1.93. The van der Waals surface area contributed by atoms with Crippen LogP contribution in [0.1, 0.15) is 19.0 Å². The molecule has 2 heterocycles. The van der Waals surface area contributed by atoms with E-state index in [2.05, 4.69) is 0 Å². The Morgan fingerprint density at radius 1 is 1.15 bits per heavy atom. The third kappa shape index (κ3) is 4.17. The second kappa shape index (κ2) is 7.74. The fourth-order valence-corrected chi connectivity index (χ4v) is 4.52. The van der Waals surface area contributed by atoms with Gasteiger partial charge in [-0.3, -0.25) is 4.79 Å². The normalized spacial score (nSPS) is 17.8. The second-order valence-corrected chi connectivity index (χ2v) is 8.46. The van der Waals surface area contributed by atoms with E-state index in [-0.39, 0.29) is 23.1 Å². The largest absolute Gasteiger partial charge is 0.494 e. The summed E-state index contributed by atoms with van der Waals surface area (Å²) < 4.78 is 39.8. The van der Waals surface area contributed by atoms with Crippen molar-refractivity contribution in [1.29, 1.82) is 0 Å². The molecular formula is C19H24N2O5S. The van der Waals surface area contributed by atoms with Crippen molar-refractivity contribution in [3.8, 4) is 11.5 Å². The number of hydrogen-bond acceptors (Lipinski definition) is 5. The zero-order valence-electron chi connectivity index (χ0n) is 15.7. The van der Waals surface area contributed by atoms with Gasteiger partial charge in [-0.2, -0.15) is 4.31 Å². The molecule has 1 unspecified atom stereocenters. The molecule has 0 radical (unpaired) electrons. The summed E-state index contributed by atoms with van der Waals surface area (Å²) in [6.45, 7) is 4.86. The van der Waals surface area contributed by atoms with Gasteiger partial charge >= 0.3 is 0 Å². The maximum Gasteiger partial charge on any atom is 0.254 e. The van der Waals surface area contributed by atoms with E-state index in [1.165, 1.54) is 14.9 Å². The Morgan fingerprint density at radius 2 is 1.85 bits per heavy atom. The van der Waals surface area contributed by atoms with Crippen LogP contribution in [0.2, 0.25) is 0 Å². The van der Waals surface area contributed by atoms with Crippen molar-refractivity contribution in [3.05, 3.63) is 52.4 Å². The summed E-state index contributed by atoms with van der Waals surface area (Å²) in [5, 5.41) is 0. The van der Waals surface area contributed by atoms with E-state index in [1.807, 2.05) is 13.8 Å². The lowest BCUT2D eigenvalue weighted by Gasteiger charge is -2.18. The first-order valence-electron chi connectivity index (χ1n) is 8.88. The molecule has 1 aliphatic rings. The Bertz CT molecular complexity index is 967. The topological polar surface area (TPSA) is 77.8 Å². The minimum atomic E-state index is -3.59. The number of rotatable bonds is 6. The van der Waals surface area contributed by atoms with Gasteiger partial charge in [-0.1, -0.05) is 0 Å². The first-order chi connectivity index (χ1) is 12.8. The molecule has 1 aromatic carbocycles. The minimum absolute atomic E-state index is 0.151. The van der Waals surface area contributed by atoms with E-state index < -0.39 is 10.0 Å². The molecule has 0 aliphatic carbocycles. The van der Waals surface area contributed by atoms with Gasteiger partial charge in [0.1, 0.15) is 17.6 Å². The molecule has 0 bridgehead atoms. The van der Waals surface area contributed by atoms with Crippen LogP contribution in [0.5, 0.6) is 11.5 Å². The van der Waals surface area contributed by atoms with Gasteiger partial charge in [0.2, 0.25) is 10.0 Å². The lowest BCUT2D eigenvalue weighted by atomic mass is 10.3. The third-order valence-corrected chi connectivity index (χ3v) is 6.54. The number of aromatic nitrogens is 1. The van der Waals surface area contributed by atoms with Crippen LogP contribution in [0.4, 0.5) is 0 Å². The van der Waals surface area contributed by atoms with Crippen LogP contribution < -0.4 is 15.0 Å². The summed E-state index contributed by atoms with van der Waals surface area (Å²) >= 11 is 0. The Labute approximate surface area is 159 Å². The monoisotopic (exact) mass is 392 g/mol. The Balaban J connectivity index is 1.70. The van der Waals surface area contributed by atoms with Crippen molar-refractivity contribution in [2.45, 2.75) is 31.3 Å². The summed E-state index contributed by atoms with van der Waals surface area (Å²) in [6, 6.07) is 9.63. The summed E-state index contributed by atoms with van der Waals surface area (Å²) in [7, 11) is -1.89. The molecule has 2 aromatic rings. The lowest BCUT2D eigenvalue weighted by molar-refractivity contribution is 0.214. The molecule has 0 N–H and O–H groups in total. The van der Waals surface area contributed by atoms with Crippen LogP contribution in [0.25, 0.3) is 0 Å². The van der Waals surface area contributed by atoms with Crippen molar-refractivity contribution in [2.24, 2.45) is 7.05 Å². The summed E-state index contributed by atoms with van der Waals surface area (Å²) in [5.74, 6) is 1.11. The van der Waals surface area contributed by atoms with Gasteiger partial charge in [-0.15, -0.1) is 0 Å². The highest BCUT2D eigenvalue weighted by molar-refractivity contribution is 7.89. The zero-order chi connectivity index (χ0) is 19.6. The number of ether oxygens (including phenoxy) is 2. The molecule has 0 spiro atoms. The highest BCUT2D eigenvalue weighted by Gasteiger charge is 2.33. The van der Waals surface area contributed by atoms with Gasteiger partial charge in [0.25, 0.3) is 5.56 Å². The molecule has 1 aromatic heterocycles. The van der Waals surface area contributed by atoms with E-state index >= 15 is 0 Å². The lowest BCUT2D eigenvalue weighted by Crippen LogP contribution is -2.31. The van der Waals surface area contributed by atoms with Crippen molar-refractivity contribution < 1.29 is 17.9 Å². The molecule has 1 atom stereocenters. The van der Waals surface area contributed by atoms with Crippen LogP contribution in [-0.2, 0) is 17.1 Å². The molecule has 3 rings (SSSR count). The first-order valence-corrected chi connectivity index (χ1v) is 10.3. The van der Waals surface area contributed by atoms with E-state index in [1.54, 1.807) is 37.4 Å². The van der Waals surface area contributed by atoms with E-state index in [4.69, 9.17) is 9.47 Å². The summed E-state index contributed by atoms with van der Waals surface area (Å²) in [5.41, 5.74) is 0.635. The average Bonchev–Trinajstić information content (AvgIpc) is 3.10. The number of pyridine rings is 1. The maximum atomic E-state index is 12.8. The zero-order valence-corrected chi connectivity index (χ0v) is 16.5. The fourth-order valence-electron chi connectivity index (χ4n) is 3.03. The predicted molar refractivity (Wildman–Crippen MR) is 102 cm³/mol. The molecule has 1 fully saturated rings. The van der Waals surface area contributed by atoms with Crippen molar-refractivity contribution in [1.82, 2.24) is 8.87 Å². The maximum absolute atomic E-state index is 12.8. The van der Waals surface area contributed by atoms with Crippen molar-refractivity contribution >= 4 is 10.0 Å². The highest BCUT2D eigenvalue weighted by Crippen LogP contribution is 2.25. The molecule has 1 aliphatic heterocycles. The molecule has 1 saturated heterocycles. The van der Waals surface area contributed by atoms with Gasteiger partial charge in [-0.25, -0.2) is 8.42 Å². The smallest absolute Gasteiger partial charge is 0.254 e. The summed E-state index contributed by atoms with van der Waals surface area (Å²) in [4.78, 5) is 12.1. The van der Waals surface area contributed by atoms with Crippen LogP contribution in [-0.4, -0.2) is 43.1 Å². The van der Waals surface area contributed by atoms with Crippen molar-refractivity contribution in [2.75, 3.05) is 19.7 Å². The number of sulfonamides is 1. The molecule has 0 saturated carbocycles. The Kier molecular flexibility index (Phi) is 5.57. The van der Waals surface area contributed by atoms with Crippen LogP contribution in [0.3, 0.4) is 0 Å². The number of nitrogens with zero attached hydrogens (tertiary/aromatic N) is 2. The van der Waals surface area contributed by atoms with Gasteiger partial charge in [0, 0.05) is 25.4 Å². The summed E-state index contributed by atoms with van der Waals surface area (Å²) in [6.07, 6.45) is 0.291. The standard InChI is InChI=1S/C19H24N2O5S/c1-4-25-15-5-7-18(8-6-15)27(23,24)21-10-9-16(13-21)26-17-11-14(2)20(3)19(22)12-17/h5-8,11-12,16H,4,9-10,13H2,1-3H3.